The molecule has 0 bridgehead atoms. The molecule has 0 spiro atoms. The van der Waals surface area contributed by atoms with Crippen LogP contribution in [0.2, 0.25) is 0 Å². The van der Waals surface area contributed by atoms with Crippen LogP contribution < -0.4 is 4.90 Å². The average Bonchev–Trinajstić information content (AvgIpc) is 2.80. The molecule has 5 rings (SSSR count). The van der Waals surface area contributed by atoms with E-state index in [9.17, 15) is 4.79 Å². The van der Waals surface area contributed by atoms with Crippen LogP contribution in [0.5, 0.6) is 0 Å². The average molecular weight is 396 g/mol. The Morgan fingerprint density at radius 2 is 1.67 bits per heavy atom. The van der Waals surface area contributed by atoms with Crippen LogP contribution in [-0.2, 0) is 11.8 Å². The number of aldehydes is 1. The van der Waals surface area contributed by atoms with Crippen LogP contribution in [0.4, 0.5) is 17.1 Å². The van der Waals surface area contributed by atoms with E-state index in [0.717, 1.165) is 36.1 Å². The van der Waals surface area contributed by atoms with Crippen LogP contribution in [-0.4, -0.2) is 6.29 Å². The van der Waals surface area contributed by atoms with E-state index in [1.54, 1.807) is 0 Å². The van der Waals surface area contributed by atoms with Gasteiger partial charge in [0.15, 0.2) is 0 Å². The first-order valence-corrected chi connectivity index (χ1v) is 10.9. The molecule has 0 saturated carbocycles. The zero-order valence-electron chi connectivity index (χ0n) is 18.3. The van der Waals surface area contributed by atoms with E-state index in [0.29, 0.717) is 0 Å². The van der Waals surface area contributed by atoms with Crippen LogP contribution >= 0.6 is 0 Å². The number of aryl methyl sites for hydroxylation is 1. The Kier molecular flexibility index (Phi) is 5.34. The second-order valence-electron chi connectivity index (χ2n) is 8.20. The van der Waals surface area contributed by atoms with Crippen molar-refractivity contribution in [2.24, 2.45) is 0 Å². The van der Waals surface area contributed by atoms with E-state index in [1.165, 1.54) is 27.9 Å². The van der Waals surface area contributed by atoms with E-state index in [2.05, 4.69) is 79.4 Å². The van der Waals surface area contributed by atoms with Crippen LogP contribution in [0.1, 0.15) is 66.7 Å². The zero-order chi connectivity index (χ0) is 21.3. The van der Waals surface area contributed by atoms with Gasteiger partial charge in [-0.15, -0.1) is 0 Å². The van der Waals surface area contributed by atoms with Crippen LogP contribution in [0.15, 0.2) is 66.7 Å². The number of carbonyl (C=O) groups excluding carboxylic acids is 1. The molecule has 0 saturated heterocycles. The van der Waals surface area contributed by atoms with Crippen molar-refractivity contribution in [3.05, 3.63) is 94.6 Å². The molecule has 0 unspecified atom stereocenters. The van der Waals surface area contributed by atoms with E-state index in [4.69, 9.17) is 0 Å². The lowest BCUT2D eigenvalue weighted by Crippen LogP contribution is -2.30. The van der Waals surface area contributed by atoms with Gasteiger partial charge in [-0.3, -0.25) is 4.79 Å². The molecule has 152 valence electrons. The Balaban J connectivity index is 0.00000106. The summed E-state index contributed by atoms with van der Waals surface area (Å²) in [5.74, 6) is 0. The molecule has 2 nitrogen and oxygen atoms in total. The fourth-order valence-corrected chi connectivity index (χ4v) is 4.63. The Bertz CT molecular complexity index is 1120. The van der Waals surface area contributed by atoms with Crippen molar-refractivity contribution in [2.45, 2.75) is 46.0 Å². The monoisotopic (exact) mass is 395 g/mol. The van der Waals surface area contributed by atoms with Gasteiger partial charge in [0, 0.05) is 16.7 Å². The largest absolute Gasteiger partial charge is 0.310 e. The number of fused-ring (bicyclic) bond motifs is 3. The number of carbonyl (C=O) groups is 1. The van der Waals surface area contributed by atoms with Crippen LogP contribution in [0.25, 0.3) is 6.08 Å². The zero-order valence-corrected chi connectivity index (χ0v) is 18.3. The highest BCUT2D eigenvalue weighted by Gasteiger charge is 2.36. The maximum absolute atomic E-state index is 11.4. The molecular formula is C28H29NO. The molecule has 3 aromatic rings. The first kappa shape index (κ1) is 20.2. The van der Waals surface area contributed by atoms with E-state index in [-0.39, 0.29) is 5.41 Å². The molecule has 0 fully saturated rings. The van der Waals surface area contributed by atoms with E-state index >= 15 is 0 Å². The smallest absolute Gasteiger partial charge is 0.150 e. The van der Waals surface area contributed by atoms with Gasteiger partial charge in [0.1, 0.15) is 6.29 Å². The van der Waals surface area contributed by atoms with Gasteiger partial charge in [0.2, 0.25) is 0 Å². The van der Waals surface area contributed by atoms with Crippen LogP contribution in [0.3, 0.4) is 0 Å². The molecular weight excluding hydrogens is 366 g/mol. The lowest BCUT2D eigenvalue weighted by Gasteiger charge is -2.42. The third-order valence-electron chi connectivity index (χ3n) is 6.15. The second kappa shape index (κ2) is 7.95. The number of allylic oxidation sites excluding steroid dienone is 1. The quantitative estimate of drug-likeness (QED) is 0.416. The summed E-state index contributed by atoms with van der Waals surface area (Å²) in [4.78, 5) is 13.8. The van der Waals surface area contributed by atoms with Crippen LogP contribution in [0, 0.1) is 0 Å². The van der Waals surface area contributed by atoms with Crippen molar-refractivity contribution >= 4 is 29.4 Å². The Morgan fingerprint density at radius 3 is 2.47 bits per heavy atom. The second-order valence-corrected chi connectivity index (χ2v) is 8.20. The summed E-state index contributed by atoms with van der Waals surface area (Å²) in [5, 5.41) is 0. The fourth-order valence-electron chi connectivity index (χ4n) is 4.63. The maximum Gasteiger partial charge on any atom is 0.150 e. The number of nitrogens with zero attached hydrogens (tertiary/aromatic N) is 1. The third-order valence-corrected chi connectivity index (χ3v) is 6.15. The summed E-state index contributed by atoms with van der Waals surface area (Å²) < 4.78 is 0. The highest BCUT2D eigenvalue weighted by molar-refractivity contribution is 5.88. The number of benzene rings is 3. The molecule has 2 heteroatoms. The topological polar surface area (TPSA) is 20.3 Å². The highest BCUT2D eigenvalue weighted by Crippen LogP contribution is 2.52. The molecule has 1 aliphatic heterocycles. The van der Waals surface area contributed by atoms with Crippen molar-refractivity contribution in [3.8, 4) is 0 Å². The summed E-state index contributed by atoms with van der Waals surface area (Å²) >= 11 is 0. The highest BCUT2D eigenvalue weighted by atomic mass is 16.1. The summed E-state index contributed by atoms with van der Waals surface area (Å²) in [5.41, 5.74) is 9.24. The minimum absolute atomic E-state index is 0.171. The van der Waals surface area contributed by atoms with Crippen molar-refractivity contribution < 1.29 is 4.79 Å². The normalized spacial score (nSPS) is 15.3. The molecule has 1 aliphatic carbocycles. The molecule has 0 amide bonds. The van der Waals surface area contributed by atoms with Gasteiger partial charge in [0.25, 0.3) is 0 Å². The summed E-state index contributed by atoms with van der Waals surface area (Å²) in [7, 11) is 0. The number of para-hydroxylation sites is 1. The predicted molar refractivity (Wildman–Crippen MR) is 127 cm³/mol. The summed E-state index contributed by atoms with van der Waals surface area (Å²) in [6, 6.07) is 21.4. The van der Waals surface area contributed by atoms with Crippen molar-refractivity contribution in [1.82, 2.24) is 0 Å². The molecule has 0 atom stereocenters. The maximum atomic E-state index is 11.4. The van der Waals surface area contributed by atoms with Gasteiger partial charge >= 0.3 is 0 Å². The number of hydrogen-bond donors (Lipinski definition) is 0. The molecule has 3 aromatic carbocycles. The van der Waals surface area contributed by atoms with Gasteiger partial charge in [-0.25, -0.2) is 0 Å². The third kappa shape index (κ3) is 3.17. The standard InChI is InChI=1S/C26H23NO.C2H6/c1-26(2)22-9-5-6-10-24(22)27(25-14-11-18(17-28)15-23(25)26)21-13-12-19-7-3-4-8-20(19)16-21;1-2/h4-6,8-17H,3,7H2,1-2H3;1-2H3. The molecule has 2 aliphatic rings. The van der Waals surface area contributed by atoms with E-state index in [1.807, 2.05) is 26.0 Å². The Labute approximate surface area is 179 Å². The minimum atomic E-state index is -0.171. The fraction of sp³-hybridized carbons (Fsp3) is 0.250. The number of anilines is 3. The Morgan fingerprint density at radius 1 is 0.900 bits per heavy atom. The molecule has 0 radical (unpaired) electrons. The minimum Gasteiger partial charge on any atom is -0.310 e. The molecule has 1 heterocycles. The summed E-state index contributed by atoms with van der Waals surface area (Å²) in [6.07, 6.45) is 7.65. The predicted octanol–water partition coefficient (Wildman–Crippen LogP) is 7.59. The first-order chi connectivity index (χ1) is 14.6. The van der Waals surface area contributed by atoms with Gasteiger partial charge < -0.3 is 4.90 Å². The van der Waals surface area contributed by atoms with Gasteiger partial charge in [-0.05, 0) is 71.5 Å². The number of rotatable bonds is 2. The Hall–Kier alpha value is -3.13. The van der Waals surface area contributed by atoms with Crippen molar-refractivity contribution in [1.29, 1.82) is 0 Å². The van der Waals surface area contributed by atoms with Crippen molar-refractivity contribution in [2.75, 3.05) is 4.90 Å². The van der Waals surface area contributed by atoms with Gasteiger partial charge in [-0.1, -0.05) is 64.1 Å². The SMILES string of the molecule is CC.CC1(C)c2ccccc2N(c2ccc3c(c2)C=CCC3)c2ccc(C=O)cc21. The van der Waals surface area contributed by atoms with Gasteiger partial charge in [-0.2, -0.15) is 0 Å². The lowest BCUT2D eigenvalue weighted by molar-refractivity contribution is 0.112. The number of hydrogen-bond acceptors (Lipinski definition) is 2. The molecule has 30 heavy (non-hydrogen) atoms. The summed E-state index contributed by atoms with van der Waals surface area (Å²) in [6.45, 7) is 8.48. The molecule has 0 N–H and O–H groups in total. The van der Waals surface area contributed by atoms with E-state index < -0.39 is 0 Å². The molecule has 0 aromatic heterocycles. The van der Waals surface area contributed by atoms with Crippen molar-refractivity contribution in [3.63, 3.8) is 0 Å². The lowest BCUT2D eigenvalue weighted by atomic mass is 9.73. The first-order valence-electron chi connectivity index (χ1n) is 10.9. The van der Waals surface area contributed by atoms with Gasteiger partial charge in [0.05, 0.1) is 11.4 Å².